The van der Waals surface area contributed by atoms with Gasteiger partial charge in [0.1, 0.15) is 24.0 Å². The molecule has 0 aliphatic heterocycles. The second kappa shape index (κ2) is 6.34. The van der Waals surface area contributed by atoms with Gasteiger partial charge >= 0.3 is 0 Å². The predicted octanol–water partition coefficient (Wildman–Crippen LogP) is 1.71. The molecule has 1 aromatic carbocycles. The van der Waals surface area contributed by atoms with Gasteiger partial charge in [-0.05, 0) is 18.2 Å². The fraction of sp³-hybridized carbons (Fsp3) is 0.143. The van der Waals surface area contributed by atoms with Crippen molar-refractivity contribution in [3.8, 4) is 11.8 Å². The molecule has 0 aliphatic carbocycles. The first kappa shape index (κ1) is 14.3. The molecule has 0 atom stereocenters. The number of nitrogens with zero attached hydrogens (tertiary/aromatic N) is 3. The quantitative estimate of drug-likeness (QED) is 0.615. The highest BCUT2D eigenvalue weighted by molar-refractivity contribution is 5.37. The number of ether oxygens (including phenoxy) is 1. The van der Waals surface area contributed by atoms with Crippen LogP contribution in [0.25, 0.3) is 0 Å². The van der Waals surface area contributed by atoms with Crippen molar-refractivity contribution in [3.63, 3.8) is 0 Å². The molecule has 0 bridgehead atoms. The van der Waals surface area contributed by atoms with Crippen LogP contribution in [-0.4, -0.2) is 16.1 Å². The number of hydrogen-bond acceptors (Lipinski definition) is 5. The van der Waals surface area contributed by atoms with E-state index in [1.807, 2.05) is 6.07 Å². The van der Waals surface area contributed by atoms with Crippen molar-refractivity contribution in [3.05, 3.63) is 68.6 Å². The van der Waals surface area contributed by atoms with Gasteiger partial charge in [-0.3, -0.25) is 14.9 Å². The summed E-state index contributed by atoms with van der Waals surface area (Å²) in [5.41, 5.74) is -0.383. The van der Waals surface area contributed by atoms with Gasteiger partial charge in [0.05, 0.1) is 17.5 Å². The van der Waals surface area contributed by atoms with E-state index < -0.39 is 4.92 Å². The Kier molecular flexibility index (Phi) is 4.31. The van der Waals surface area contributed by atoms with Gasteiger partial charge in [-0.15, -0.1) is 0 Å². The van der Waals surface area contributed by atoms with E-state index in [0.29, 0.717) is 5.75 Å². The van der Waals surface area contributed by atoms with Crippen LogP contribution in [0.3, 0.4) is 0 Å². The molecule has 0 saturated carbocycles. The molecule has 7 nitrogen and oxygen atoms in total. The minimum atomic E-state index is -0.506. The standard InChI is InChI=1S/C14H11N3O4/c15-10-11-3-2-6-16(14(11)18)7-8-21-13-5-1-4-12(9-13)17(19)20/h1-6,9H,7-8H2. The molecule has 21 heavy (non-hydrogen) atoms. The second-order valence-corrected chi connectivity index (χ2v) is 4.14. The monoisotopic (exact) mass is 285 g/mol. The molecule has 0 amide bonds. The zero-order valence-electron chi connectivity index (χ0n) is 10.9. The van der Waals surface area contributed by atoms with E-state index in [-0.39, 0.29) is 30.0 Å². The minimum absolute atomic E-state index is 0.0591. The minimum Gasteiger partial charge on any atom is -0.491 e. The topological polar surface area (TPSA) is 98.2 Å². The predicted molar refractivity (Wildman–Crippen MR) is 74.0 cm³/mol. The highest BCUT2D eigenvalue weighted by Crippen LogP contribution is 2.18. The zero-order chi connectivity index (χ0) is 15.2. The highest BCUT2D eigenvalue weighted by Gasteiger charge is 2.06. The summed E-state index contributed by atoms with van der Waals surface area (Å²) in [7, 11) is 0. The fourth-order valence-electron chi connectivity index (χ4n) is 1.75. The van der Waals surface area contributed by atoms with E-state index in [9.17, 15) is 14.9 Å². The van der Waals surface area contributed by atoms with Crippen molar-refractivity contribution in [1.82, 2.24) is 4.57 Å². The molecule has 0 radical (unpaired) electrons. The molecule has 0 unspecified atom stereocenters. The molecule has 0 saturated heterocycles. The molecule has 1 heterocycles. The van der Waals surface area contributed by atoms with Crippen LogP contribution in [0, 0.1) is 21.4 Å². The molecule has 2 rings (SSSR count). The lowest BCUT2D eigenvalue weighted by Crippen LogP contribution is -2.24. The van der Waals surface area contributed by atoms with Gasteiger partial charge in [-0.2, -0.15) is 5.26 Å². The van der Waals surface area contributed by atoms with Crippen molar-refractivity contribution in [2.45, 2.75) is 6.54 Å². The molecule has 0 fully saturated rings. The van der Waals surface area contributed by atoms with Crippen LogP contribution in [-0.2, 0) is 6.54 Å². The average molecular weight is 285 g/mol. The lowest BCUT2D eigenvalue weighted by molar-refractivity contribution is -0.384. The third-order valence-electron chi connectivity index (χ3n) is 2.77. The molecule has 0 spiro atoms. The van der Waals surface area contributed by atoms with E-state index >= 15 is 0 Å². The summed E-state index contributed by atoms with van der Waals surface area (Å²) in [6.45, 7) is 0.410. The number of non-ortho nitro benzene ring substituents is 1. The maximum Gasteiger partial charge on any atom is 0.273 e. The first-order chi connectivity index (χ1) is 10.1. The van der Waals surface area contributed by atoms with E-state index in [1.165, 1.54) is 28.8 Å². The number of nitro benzene ring substituents is 1. The van der Waals surface area contributed by atoms with Crippen molar-refractivity contribution in [2.24, 2.45) is 0 Å². The molecule has 2 aromatic rings. The summed E-state index contributed by atoms with van der Waals surface area (Å²) >= 11 is 0. The summed E-state index contributed by atoms with van der Waals surface area (Å²) in [4.78, 5) is 21.9. The van der Waals surface area contributed by atoms with E-state index in [1.54, 1.807) is 18.3 Å². The van der Waals surface area contributed by atoms with Gasteiger partial charge in [-0.1, -0.05) is 6.07 Å². The van der Waals surface area contributed by atoms with Crippen LogP contribution in [0.15, 0.2) is 47.4 Å². The van der Waals surface area contributed by atoms with E-state index in [0.717, 1.165) is 0 Å². The SMILES string of the molecule is N#Cc1cccn(CCOc2cccc([N+](=O)[O-])c2)c1=O. The number of benzene rings is 1. The Balaban J connectivity index is 2.02. The van der Waals surface area contributed by atoms with Gasteiger partial charge in [0.25, 0.3) is 11.2 Å². The average Bonchev–Trinajstić information content (AvgIpc) is 2.49. The van der Waals surface area contributed by atoms with Crippen molar-refractivity contribution in [2.75, 3.05) is 6.61 Å². The second-order valence-electron chi connectivity index (χ2n) is 4.14. The summed E-state index contributed by atoms with van der Waals surface area (Å²) in [6.07, 6.45) is 1.56. The van der Waals surface area contributed by atoms with Crippen molar-refractivity contribution in [1.29, 1.82) is 5.26 Å². The Morgan fingerprint density at radius 1 is 1.33 bits per heavy atom. The van der Waals surface area contributed by atoms with E-state index in [2.05, 4.69) is 0 Å². The molecular formula is C14H11N3O4. The van der Waals surface area contributed by atoms with Crippen LogP contribution < -0.4 is 10.3 Å². The molecule has 0 aliphatic rings. The van der Waals surface area contributed by atoms with Gasteiger partial charge in [0, 0.05) is 12.3 Å². The molecular weight excluding hydrogens is 274 g/mol. The maximum absolute atomic E-state index is 11.8. The summed E-state index contributed by atoms with van der Waals surface area (Å²) in [6, 6.07) is 10.7. The zero-order valence-corrected chi connectivity index (χ0v) is 10.9. The van der Waals surface area contributed by atoms with Crippen molar-refractivity contribution < 1.29 is 9.66 Å². The Morgan fingerprint density at radius 2 is 2.14 bits per heavy atom. The number of hydrogen-bond donors (Lipinski definition) is 0. The van der Waals surface area contributed by atoms with E-state index in [4.69, 9.17) is 10.00 Å². The number of pyridine rings is 1. The third-order valence-corrected chi connectivity index (χ3v) is 2.77. The van der Waals surface area contributed by atoms with Crippen LogP contribution >= 0.6 is 0 Å². The van der Waals surface area contributed by atoms with Gasteiger partial charge < -0.3 is 9.30 Å². The first-order valence-corrected chi connectivity index (χ1v) is 6.08. The number of aromatic nitrogens is 1. The lowest BCUT2D eigenvalue weighted by Gasteiger charge is -2.08. The number of nitro groups is 1. The summed E-state index contributed by atoms with van der Waals surface area (Å²) < 4.78 is 6.74. The van der Waals surface area contributed by atoms with Gasteiger partial charge in [0.15, 0.2) is 0 Å². The number of nitriles is 1. The summed E-state index contributed by atoms with van der Waals surface area (Å²) in [5, 5.41) is 19.4. The number of rotatable bonds is 5. The molecule has 0 N–H and O–H groups in total. The molecule has 106 valence electrons. The van der Waals surface area contributed by atoms with Crippen LogP contribution in [0.1, 0.15) is 5.56 Å². The third kappa shape index (κ3) is 3.45. The normalized spacial score (nSPS) is 9.86. The van der Waals surface area contributed by atoms with Crippen LogP contribution in [0.2, 0.25) is 0 Å². The smallest absolute Gasteiger partial charge is 0.273 e. The molecule has 1 aromatic heterocycles. The largest absolute Gasteiger partial charge is 0.491 e. The molecule has 7 heteroatoms. The highest BCUT2D eigenvalue weighted by atomic mass is 16.6. The van der Waals surface area contributed by atoms with Gasteiger partial charge in [-0.25, -0.2) is 0 Å². The Hall–Kier alpha value is -3.14. The fourth-order valence-corrected chi connectivity index (χ4v) is 1.75. The van der Waals surface area contributed by atoms with Crippen LogP contribution in [0.4, 0.5) is 5.69 Å². The lowest BCUT2D eigenvalue weighted by atomic mass is 10.3. The van der Waals surface area contributed by atoms with Crippen LogP contribution in [0.5, 0.6) is 5.75 Å². The maximum atomic E-state index is 11.8. The van der Waals surface area contributed by atoms with Gasteiger partial charge in [0.2, 0.25) is 0 Å². The summed E-state index contributed by atoms with van der Waals surface area (Å²) in [5.74, 6) is 0.355. The Labute approximate surface area is 119 Å². The Morgan fingerprint density at radius 3 is 2.86 bits per heavy atom. The van der Waals surface area contributed by atoms with Crippen molar-refractivity contribution >= 4 is 5.69 Å². The first-order valence-electron chi connectivity index (χ1n) is 6.08. The Bertz CT molecular complexity index is 761.